The number of amides is 1. The Morgan fingerprint density at radius 2 is 1.90 bits per heavy atom. The lowest BCUT2D eigenvalue weighted by atomic mass is 10.1. The molecule has 1 aromatic carbocycles. The number of morpholine rings is 1. The summed E-state index contributed by atoms with van der Waals surface area (Å²) in [7, 11) is 0. The van der Waals surface area contributed by atoms with Crippen LogP contribution < -0.4 is 15.5 Å². The standard InChI is InChI=1S/C21H23N5O2S/c22-18(27)15-6-7-26(12-15)21-23-19(25-8-10-28-11-9-25)17-16(13-29-20(17)24-21)14-4-2-1-3-5-14/h1-5,13,15H,6-12H2,(H2,22,27). The van der Waals surface area contributed by atoms with Crippen LogP contribution in [0.25, 0.3) is 21.3 Å². The molecule has 3 aromatic rings. The number of fused-ring (bicyclic) bond motifs is 1. The minimum absolute atomic E-state index is 0.135. The van der Waals surface area contributed by atoms with Crippen LogP contribution in [0.4, 0.5) is 11.8 Å². The van der Waals surface area contributed by atoms with Crippen molar-refractivity contribution >= 4 is 39.2 Å². The predicted molar refractivity (Wildman–Crippen MR) is 115 cm³/mol. The summed E-state index contributed by atoms with van der Waals surface area (Å²) in [6.07, 6.45) is 0.753. The minimum atomic E-state index is -0.246. The molecule has 2 aliphatic heterocycles. The van der Waals surface area contributed by atoms with Gasteiger partial charge in [-0.25, -0.2) is 4.98 Å². The number of carbonyl (C=O) groups excluding carboxylic acids is 1. The van der Waals surface area contributed by atoms with Crippen LogP contribution in [0.1, 0.15) is 6.42 Å². The van der Waals surface area contributed by atoms with E-state index in [1.54, 1.807) is 11.3 Å². The van der Waals surface area contributed by atoms with Crippen molar-refractivity contribution in [2.24, 2.45) is 11.7 Å². The molecule has 0 aliphatic carbocycles. The van der Waals surface area contributed by atoms with E-state index in [0.29, 0.717) is 25.7 Å². The van der Waals surface area contributed by atoms with Gasteiger partial charge in [-0.3, -0.25) is 4.79 Å². The number of rotatable bonds is 4. The molecule has 2 N–H and O–H groups in total. The monoisotopic (exact) mass is 409 g/mol. The summed E-state index contributed by atoms with van der Waals surface area (Å²) < 4.78 is 5.56. The lowest BCUT2D eigenvalue weighted by Crippen LogP contribution is -2.37. The summed E-state index contributed by atoms with van der Waals surface area (Å²) in [6.45, 7) is 4.33. The molecule has 1 atom stereocenters. The molecule has 2 fully saturated rings. The van der Waals surface area contributed by atoms with Gasteiger partial charge >= 0.3 is 0 Å². The van der Waals surface area contributed by atoms with Crippen LogP contribution in [0, 0.1) is 5.92 Å². The number of benzene rings is 1. The number of anilines is 2. The molecule has 4 heterocycles. The Morgan fingerprint density at radius 3 is 2.62 bits per heavy atom. The summed E-state index contributed by atoms with van der Waals surface area (Å²) in [4.78, 5) is 26.8. The van der Waals surface area contributed by atoms with Gasteiger partial charge in [-0.15, -0.1) is 11.3 Å². The summed E-state index contributed by atoms with van der Waals surface area (Å²) >= 11 is 1.64. The van der Waals surface area contributed by atoms with Crippen LogP contribution in [-0.4, -0.2) is 55.3 Å². The Morgan fingerprint density at radius 1 is 1.10 bits per heavy atom. The number of ether oxygens (including phenoxy) is 1. The van der Waals surface area contributed by atoms with E-state index in [2.05, 4.69) is 39.4 Å². The molecule has 0 bridgehead atoms. The number of carbonyl (C=O) groups is 1. The molecule has 1 amide bonds. The molecular formula is C21H23N5O2S. The maximum Gasteiger partial charge on any atom is 0.228 e. The van der Waals surface area contributed by atoms with Gasteiger partial charge < -0.3 is 20.3 Å². The largest absolute Gasteiger partial charge is 0.378 e. The first-order chi connectivity index (χ1) is 14.2. The zero-order valence-electron chi connectivity index (χ0n) is 16.1. The molecule has 2 aliphatic rings. The number of hydrogen-bond donors (Lipinski definition) is 1. The molecule has 7 nitrogen and oxygen atoms in total. The first-order valence-corrected chi connectivity index (χ1v) is 10.8. The van der Waals surface area contributed by atoms with Crippen LogP contribution in [0.15, 0.2) is 35.7 Å². The predicted octanol–water partition coefficient (Wildman–Crippen LogP) is 2.51. The average Bonchev–Trinajstić information content (AvgIpc) is 3.42. The lowest BCUT2D eigenvalue weighted by molar-refractivity contribution is -0.121. The smallest absolute Gasteiger partial charge is 0.228 e. The van der Waals surface area contributed by atoms with E-state index in [1.807, 2.05) is 6.07 Å². The summed E-state index contributed by atoms with van der Waals surface area (Å²) in [5.74, 6) is 1.26. The number of thiophene rings is 1. The van der Waals surface area contributed by atoms with Crippen LogP contribution in [-0.2, 0) is 9.53 Å². The Balaban J connectivity index is 1.62. The van der Waals surface area contributed by atoms with Gasteiger partial charge in [-0.1, -0.05) is 30.3 Å². The van der Waals surface area contributed by atoms with Gasteiger partial charge in [0.2, 0.25) is 11.9 Å². The summed E-state index contributed by atoms with van der Waals surface area (Å²) in [5, 5.41) is 3.26. The normalized spacial score (nSPS) is 19.8. The third-order valence-electron chi connectivity index (χ3n) is 5.67. The van der Waals surface area contributed by atoms with Crippen LogP contribution in [0.5, 0.6) is 0 Å². The zero-order valence-corrected chi connectivity index (χ0v) is 16.9. The molecule has 1 unspecified atom stereocenters. The maximum atomic E-state index is 11.6. The maximum absolute atomic E-state index is 11.6. The molecule has 0 saturated carbocycles. The van der Waals surface area contributed by atoms with E-state index in [0.717, 1.165) is 47.7 Å². The average molecular weight is 410 g/mol. The van der Waals surface area contributed by atoms with E-state index in [1.165, 1.54) is 5.56 Å². The van der Waals surface area contributed by atoms with E-state index < -0.39 is 0 Å². The highest BCUT2D eigenvalue weighted by Gasteiger charge is 2.30. The van der Waals surface area contributed by atoms with Crippen LogP contribution >= 0.6 is 11.3 Å². The second kappa shape index (κ2) is 7.61. The van der Waals surface area contributed by atoms with Crippen molar-refractivity contribution in [3.8, 4) is 11.1 Å². The van der Waals surface area contributed by atoms with Crippen molar-refractivity contribution in [3.63, 3.8) is 0 Å². The van der Waals surface area contributed by atoms with Gasteiger partial charge in [-0.2, -0.15) is 4.98 Å². The highest BCUT2D eigenvalue weighted by molar-refractivity contribution is 7.17. The number of primary amides is 1. The van der Waals surface area contributed by atoms with Crippen LogP contribution in [0.3, 0.4) is 0 Å². The van der Waals surface area contributed by atoms with E-state index >= 15 is 0 Å². The third-order valence-corrected chi connectivity index (χ3v) is 6.54. The SMILES string of the molecule is NC(=O)C1CCN(c2nc(N3CCOCC3)c3c(-c4ccccc4)csc3n2)C1. The van der Waals surface area contributed by atoms with E-state index in [4.69, 9.17) is 20.4 Å². The van der Waals surface area contributed by atoms with E-state index in [9.17, 15) is 4.79 Å². The molecule has 2 aromatic heterocycles. The molecule has 29 heavy (non-hydrogen) atoms. The van der Waals surface area contributed by atoms with Gasteiger partial charge in [0.1, 0.15) is 10.6 Å². The fourth-order valence-electron chi connectivity index (χ4n) is 4.06. The Bertz CT molecular complexity index is 1030. The highest BCUT2D eigenvalue weighted by atomic mass is 32.1. The highest BCUT2D eigenvalue weighted by Crippen LogP contribution is 2.40. The van der Waals surface area contributed by atoms with Crippen molar-refractivity contribution < 1.29 is 9.53 Å². The summed E-state index contributed by atoms with van der Waals surface area (Å²) in [6, 6.07) is 10.4. The van der Waals surface area contributed by atoms with Gasteiger partial charge in [-0.05, 0) is 12.0 Å². The summed E-state index contributed by atoms with van der Waals surface area (Å²) in [5.41, 5.74) is 7.85. The number of aromatic nitrogens is 2. The molecule has 0 radical (unpaired) electrons. The van der Waals surface area contributed by atoms with Gasteiger partial charge in [0.15, 0.2) is 0 Å². The van der Waals surface area contributed by atoms with Crippen molar-refractivity contribution in [2.45, 2.75) is 6.42 Å². The quantitative estimate of drug-likeness (QED) is 0.713. The van der Waals surface area contributed by atoms with Crippen molar-refractivity contribution in [1.82, 2.24) is 9.97 Å². The Hall–Kier alpha value is -2.71. The molecule has 8 heteroatoms. The van der Waals surface area contributed by atoms with E-state index in [-0.39, 0.29) is 11.8 Å². The second-order valence-corrected chi connectivity index (χ2v) is 8.33. The fraction of sp³-hybridized carbons (Fsp3) is 0.381. The first-order valence-electron chi connectivity index (χ1n) is 9.92. The van der Waals surface area contributed by atoms with Crippen molar-refractivity contribution in [2.75, 3.05) is 49.2 Å². The Labute approximate surface area is 173 Å². The fourth-order valence-corrected chi connectivity index (χ4v) is 5.00. The third kappa shape index (κ3) is 3.42. The van der Waals surface area contributed by atoms with Crippen molar-refractivity contribution in [1.29, 1.82) is 0 Å². The van der Waals surface area contributed by atoms with Gasteiger partial charge in [0, 0.05) is 37.1 Å². The Kier molecular flexibility index (Phi) is 4.81. The molecule has 5 rings (SSSR count). The number of nitrogens with two attached hydrogens (primary N) is 1. The molecular weight excluding hydrogens is 386 g/mol. The number of hydrogen-bond acceptors (Lipinski definition) is 7. The number of nitrogens with zero attached hydrogens (tertiary/aromatic N) is 4. The first kappa shape index (κ1) is 18.3. The molecule has 2 saturated heterocycles. The van der Waals surface area contributed by atoms with Crippen molar-refractivity contribution in [3.05, 3.63) is 35.7 Å². The lowest BCUT2D eigenvalue weighted by Gasteiger charge is -2.29. The zero-order chi connectivity index (χ0) is 19.8. The van der Waals surface area contributed by atoms with Crippen LogP contribution in [0.2, 0.25) is 0 Å². The topological polar surface area (TPSA) is 84.6 Å². The van der Waals surface area contributed by atoms with Gasteiger partial charge in [0.05, 0.1) is 24.5 Å². The molecule has 150 valence electrons. The second-order valence-electron chi connectivity index (χ2n) is 7.48. The molecule has 0 spiro atoms. The van der Waals surface area contributed by atoms with Gasteiger partial charge in [0.25, 0.3) is 0 Å². The minimum Gasteiger partial charge on any atom is -0.378 e.